The molecule has 0 saturated heterocycles. The molecule has 4 nitrogen and oxygen atoms in total. The molecule has 0 spiro atoms. The second kappa shape index (κ2) is 3.18. The molecule has 1 aromatic rings. The maximum atomic E-state index is 10.4. The second-order valence-electron chi connectivity index (χ2n) is 2.52. The van der Waals surface area contributed by atoms with Crippen molar-refractivity contribution < 1.29 is 9.90 Å². The fourth-order valence-electron chi connectivity index (χ4n) is 0.813. The Bertz CT molecular complexity index is 231. The number of aliphatic carboxylic acids is 1. The smallest absolute Gasteiger partial charge is 0.306 e. The molecule has 0 aliphatic heterocycles. The normalized spacial score (nSPS) is 12.8. The van der Waals surface area contributed by atoms with E-state index in [-0.39, 0.29) is 5.92 Å². The van der Waals surface area contributed by atoms with Gasteiger partial charge in [-0.25, -0.2) is 4.98 Å². The number of H-pyrrole nitrogens is 1. The molecule has 0 fully saturated rings. The molecule has 2 N–H and O–H groups in total. The fourth-order valence-corrected chi connectivity index (χ4v) is 0.813. The summed E-state index contributed by atoms with van der Waals surface area (Å²) in [6.45, 7) is 1.67. The average Bonchev–Trinajstić information content (AvgIpc) is 2.39. The number of aromatic nitrogens is 2. The van der Waals surface area contributed by atoms with Crippen molar-refractivity contribution in [1.82, 2.24) is 9.97 Å². The molecule has 1 atom stereocenters. The number of hydrogen-bond donors (Lipinski definition) is 2. The zero-order chi connectivity index (χ0) is 8.27. The van der Waals surface area contributed by atoms with Crippen molar-refractivity contribution in [2.24, 2.45) is 5.92 Å². The van der Waals surface area contributed by atoms with Crippen LogP contribution in [0.2, 0.25) is 0 Å². The average molecular weight is 154 g/mol. The molecular weight excluding hydrogens is 144 g/mol. The van der Waals surface area contributed by atoms with Gasteiger partial charge in [-0.15, -0.1) is 0 Å². The van der Waals surface area contributed by atoms with Crippen LogP contribution < -0.4 is 0 Å². The Morgan fingerprint density at radius 1 is 1.91 bits per heavy atom. The maximum absolute atomic E-state index is 10.4. The Hall–Kier alpha value is -1.32. The van der Waals surface area contributed by atoms with Crippen molar-refractivity contribution in [2.75, 3.05) is 0 Å². The molecule has 1 unspecified atom stereocenters. The molecule has 60 valence electrons. The first kappa shape index (κ1) is 7.78. The Kier molecular flexibility index (Phi) is 2.25. The van der Waals surface area contributed by atoms with Gasteiger partial charge in [0, 0.05) is 18.3 Å². The number of carboxylic acid groups (broad SMARTS) is 1. The van der Waals surface area contributed by atoms with Gasteiger partial charge >= 0.3 is 5.97 Å². The van der Waals surface area contributed by atoms with E-state index in [1.54, 1.807) is 19.4 Å². The van der Waals surface area contributed by atoms with Crippen molar-refractivity contribution in [2.45, 2.75) is 13.3 Å². The molecule has 0 saturated carbocycles. The number of nitrogens with one attached hydrogen (secondary N) is 1. The predicted molar refractivity (Wildman–Crippen MR) is 39.1 cm³/mol. The third kappa shape index (κ3) is 2.07. The molecule has 1 aromatic heterocycles. The van der Waals surface area contributed by atoms with E-state index < -0.39 is 5.97 Å². The van der Waals surface area contributed by atoms with Gasteiger partial charge in [-0.3, -0.25) is 4.79 Å². The third-order valence-corrected chi connectivity index (χ3v) is 1.50. The minimum absolute atomic E-state index is 0.351. The van der Waals surface area contributed by atoms with Crippen molar-refractivity contribution in [3.8, 4) is 0 Å². The summed E-state index contributed by atoms with van der Waals surface area (Å²) in [6.07, 6.45) is 3.69. The largest absolute Gasteiger partial charge is 0.481 e. The Morgan fingerprint density at radius 2 is 2.64 bits per heavy atom. The summed E-state index contributed by atoms with van der Waals surface area (Å²) in [5, 5.41) is 8.55. The van der Waals surface area contributed by atoms with Crippen LogP contribution in [0.3, 0.4) is 0 Å². The molecular formula is C7H10N2O2. The van der Waals surface area contributed by atoms with Crippen LogP contribution in [0.25, 0.3) is 0 Å². The van der Waals surface area contributed by atoms with E-state index in [1.165, 1.54) is 0 Å². The zero-order valence-electron chi connectivity index (χ0n) is 6.24. The number of nitrogens with zero attached hydrogens (tertiary/aromatic N) is 1. The monoisotopic (exact) mass is 154 g/mol. The first-order valence-electron chi connectivity index (χ1n) is 3.40. The highest BCUT2D eigenvalue weighted by Crippen LogP contribution is 2.03. The molecule has 11 heavy (non-hydrogen) atoms. The van der Waals surface area contributed by atoms with E-state index in [9.17, 15) is 4.79 Å². The van der Waals surface area contributed by atoms with Gasteiger partial charge < -0.3 is 10.1 Å². The molecule has 0 aromatic carbocycles. The van der Waals surface area contributed by atoms with Crippen molar-refractivity contribution >= 4 is 5.97 Å². The maximum Gasteiger partial charge on any atom is 0.306 e. The van der Waals surface area contributed by atoms with E-state index >= 15 is 0 Å². The van der Waals surface area contributed by atoms with Gasteiger partial charge in [-0.2, -0.15) is 0 Å². The molecule has 1 rings (SSSR count). The van der Waals surface area contributed by atoms with Gasteiger partial charge in [-0.1, -0.05) is 6.92 Å². The summed E-state index contributed by atoms with van der Waals surface area (Å²) in [6, 6.07) is 0. The molecule has 0 bridgehead atoms. The second-order valence-corrected chi connectivity index (χ2v) is 2.52. The summed E-state index contributed by atoms with van der Waals surface area (Å²) >= 11 is 0. The highest BCUT2D eigenvalue weighted by Gasteiger charge is 2.11. The number of carbonyl (C=O) groups is 1. The van der Waals surface area contributed by atoms with Gasteiger partial charge in [-0.05, 0) is 0 Å². The minimum atomic E-state index is -0.778. The van der Waals surface area contributed by atoms with Crippen LogP contribution in [0.4, 0.5) is 0 Å². The lowest BCUT2D eigenvalue weighted by Crippen LogP contribution is -2.12. The van der Waals surface area contributed by atoms with Crippen LogP contribution in [0.15, 0.2) is 12.5 Å². The van der Waals surface area contributed by atoms with Crippen LogP contribution in [0.5, 0.6) is 0 Å². The van der Waals surface area contributed by atoms with Crippen molar-refractivity contribution in [1.29, 1.82) is 0 Å². The molecule has 1 heterocycles. The van der Waals surface area contributed by atoms with Gasteiger partial charge in [0.1, 0.15) is 0 Å². The van der Waals surface area contributed by atoms with Gasteiger partial charge in [0.25, 0.3) is 0 Å². The highest BCUT2D eigenvalue weighted by atomic mass is 16.4. The topological polar surface area (TPSA) is 66.0 Å². The SMILES string of the molecule is CC(Cc1cnc[nH]1)C(=O)O. The first-order chi connectivity index (χ1) is 5.20. The summed E-state index contributed by atoms with van der Waals surface area (Å²) < 4.78 is 0. The predicted octanol–water partition coefficient (Wildman–Crippen LogP) is 0.673. The third-order valence-electron chi connectivity index (χ3n) is 1.50. The standard InChI is InChI=1S/C7H10N2O2/c1-5(7(10)11)2-6-3-8-4-9-6/h3-5H,2H2,1H3,(H,8,9)(H,10,11). The Labute approximate surface area is 64.3 Å². The lowest BCUT2D eigenvalue weighted by molar-refractivity contribution is -0.141. The molecule has 0 aliphatic carbocycles. The summed E-state index contributed by atoms with van der Waals surface area (Å²) in [5.41, 5.74) is 0.861. The summed E-state index contributed by atoms with van der Waals surface area (Å²) in [4.78, 5) is 17.0. The number of aromatic amines is 1. The first-order valence-corrected chi connectivity index (χ1v) is 3.40. The Balaban J connectivity index is 2.50. The number of imidazole rings is 1. The van der Waals surface area contributed by atoms with Crippen LogP contribution in [-0.2, 0) is 11.2 Å². The van der Waals surface area contributed by atoms with E-state index in [0.29, 0.717) is 6.42 Å². The van der Waals surface area contributed by atoms with Gasteiger partial charge in [0.15, 0.2) is 0 Å². The minimum Gasteiger partial charge on any atom is -0.481 e. The quantitative estimate of drug-likeness (QED) is 0.672. The van der Waals surface area contributed by atoms with Crippen LogP contribution in [0.1, 0.15) is 12.6 Å². The Morgan fingerprint density at radius 3 is 3.09 bits per heavy atom. The van der Waals surface area contributed by atoms with Crippen LogP contribution in [0, 0.1) is 5.92 Å². The van der Waals surface area contributed by atoms with E-state index in [4.69, 9.17) is 5.11 Å². The van der Waals surface area contributed by atoms with Gasteiger partial charge in [0.2, 0.25) is 0 Å². The van der Waals surface area contributed by atoms with Crippen LogP contribution >= 0.6 is 0 Å². The molecule has 4 heteroatoms. The number of carboxylic acids is 1. The molecule has 0 amide bonds. The molecule has 0 aliphatic rings. The fraction of sp³-hybridized carbons (Fsp3) is 0.429. The number of rotatable bonds is 3. The van der Waals surface area contributed by atoms with E-state index in [0.717, 1.165) is 5.69 Å². The van der Waals surface area contributed by atoms with Crippen molar-refractivity contribution in [3.63, 3.8) is 0 Å². The van der Waals surface area contributed by atoms with Crippen molar-refractivity contribution in [3.05, 3.63) is 18.2 Å². The zero-order valence-corrected chi connectivity index (χ0v) is 6.24. The number of hydrogen-bond acceptors (Lipinski definition) is 2. The highest BCUT2D eigenvalue weighted by molar-refractivity contribution is 5.69. The van der Waals surface area contributed by atoms with Crippen LogP contribution in [-0.4, -0.2) is 21.0 Å². The van der Waals surface area contributed by atoms with E-state index in [2.05, 4.69) is 9.97 Å². The summed E-state index contributed by atoms with van der Waals surface area (Å²) in [5.74, 6) is -1.13. The van der Waals surface area contributed by atoms with E-state index in [1.807, 2.05) is 0 Å². The molecule has 0 radical (unpaired) electrons. The lowest BCUT2D eigenvalue weighted by atomic mass is 10.1. The summed E-state index contributed by atoms with van der Waals surface area (Å²) in [7, 11) is 0. The van der Waals surface area contributed by atoms with Gasteiger partial charge in [0.05, 0.1) is 12.2 Å². The lowest BCUT2D eigenvalue weighted by Gasteiger charge is -2.01.